The van der Waals surface area contributed by atoms with Gasteiger partial charge in [-0.15, -0.1) is 0 Å². The minimum absolute atomic E-state index is 0.171. The van der Waals surface area contributed by atoms with Gasteiger partial charge in [-0.25, -0.2) is 9.59 Å². The largest absolute Gasteiger partial charge is 0.478 e. The van der Waals surface area contributed by atoms with Crippen molar-refractivity contribution in [2.45, 2.75) is 13.3 Å². The number of carboxylic acids is 1. The maximum atomic E-state index is 11.7. The number of carbonyl (C=O) groups excluding carboxylic acids is 2. The molecule has 1 heterocycles. The van der Waals surface area contributed by atoms with Gasteiger partial charge in [0.05, 0.1) is 5.56 Å². The van der Waals surface area contributed by atoms with Crippen molar-refractivity contribution in [3.63, 3.8) is 0 Å². The molecular weight excluding hydrogens is 236 g/mol. The molecule has 0 aromatic heterocycles. The number of hydrogen-bond acceptors (Lipinski definition) is 3. The van der Waals surface area contributed by atoms with Crippen LogP contribution in [0.2, 0.25) is 0 Å². The van der Waals surface area contributed by atoms with Gasteiger partial charge < -0.3 is 5.11 Å². The zero-order valence-electron chi connectivity index (χ0n) is 9.77. The molecule has 0 atom stereocenters. The molecule has 6 nitrogen and oxygen atoms in total. The van der Waals surface area contributed by atoms with E-state index in [0.29, 0.717) is 17.8 Å². The normalized spacial score (nSPS) is 15.5. The minimum atomic E-state index is -1.01. The third-order valence-electron chi connectivity index (χ3n) is 2.79. The highest BCUT2D eigenvalue weighted by molar-refractivity contribution is 6.06. The Hall–Kier alpha value is -2.37. The van der Waals surface area contributed by atoms with Crippen LogP contribution in [0.4, 0.5) is 10.5 Å². The molecule has 3 amide bonds. The molecule has 1 aromatic rings. The Morgan fingerprint density at radius 3 is 2.67 bits per heavy atom. The molecule has 0 bridgehead atoms. The van der Waals surface area contributed by atoms with Gasteiger partial charge in [0.25, 0.3) is 0 Å². The lowest BCUT2D eigenvalue weighted by Crippen LogP contribution is -2.49. The van der Waals surface area contributed by atoms with Crippen LogP contribution in [0.5, 0.6) is 0 Å². The van der Waals surface area contributed by atoms with Gasteiger partial charge in [0, 0.05) is 18.7 Å². The number of urea groups is 1. The van der Waals surface area contributed by atoms with Gasteiger partial charge in [-0.2, -0.15) is 0 Å². The molecule has 2 rings (SSSR count). The van der Waals surface area contributed by atoms with Crippen molar-refractivity contribution in [3.05, 3.63) is 29.3 Å². The van der Waals surface area contributed by atoms with Crippen LogP contribution in [0, 0.1) is 6.92 Å². The average Bonchev–Trinajstić information content (AvgIpc) is 2.30. The molecule has 1 aromatic carbocycles. The van der Waals surface area contributed by atoms with E-state index in [1.165, 1.54) is 17.0 Å². The number of aromatic carboxylic acids is 1. The fourth-order valence-corrected chi connectivity index (χ4v) is 1.89. The summed E-state index contributed by atoms with van der Waals surface area (Å²) in [5, 5.41) is 11.1. The van der Waals surface area contributed by atoms with Crippen LogP contribution in [0.15, 0.2) is 18.2 Å². The fourth-order valence-electron chi connectivity index (χ4n) is 1.89. The maximum Gasteiger partial charge on any atom is 0.335 e. The van der Waals surface area contributed by atoms with Crippen LogP contribution in [0.3, 0.4) is 0 Å². The maximum absolute atomic E-state index is 11.7. The van der Waals surface area contributed by atoms with E-state index in [1.54, 1.807) is 13.0 Å². The summed E-state index contributed by atoms with van der Waals surface area (Å²) in [7, 11) is 0. The summed E-state index contributed by atoms with van der Waals surface area (Å²) in [4.78, 5) is 34.9. The lowest BCUT2D eigenvalue weighted by Gasteiger charge is -2.27. The van der Waals surface area contributed by atoms with Gasteiger partial charge in [-0.1, -0.05) is 0 Å². The van der Waals surface area contributed by atoms with Crippen LogP contribution in [-0.4, -0.2) is 29.6 Å². The Bertz CT molecular complexity index is 539. The first kappa shape index (κ1) is 12.1. The molecule has 1 aliphatic rings. The van der Waals surface area contributed by atoms with E-state index >= 15 is 0 Å². The second-order valence-electron chi connectivity index (χ2n) is 4.06. The van der Waals surface area contributed by atoms with Crippen LogP contribution in [-0.2, 0) is 4.79 Å². The number of nitrogens with one attached hydrogen (secondary N) is 1. The Labute approximate surface area is 103 Å². The van der Waals surface area contributed by atoms with E-state index in [9.17, 15) is 14.4 Å². The number of hydrogen-bond donors (Lipinski definition) is 2. The van der Waals surface area contributed by atoms with Gasteiger partial charge in [0.1, 0.15) is 0 Å². The monoisotopic (exact) mass is 248 g/mol. The van der Waals surface area contributed by atoms with E-state index in [1.807, 2.05) is 0 Å². The Morgan fingerprint density at radius 2 is 2.11 bits per heavy atom. The van der Waals surface area contributed by atoms with E-state index in [0.717, 1.165) is 0 Å². The third-order valence-corrected chi connectivity index (χ3v) is 2.79. The van der Waals surface area contributed by atoms with Crippen LogP contribution in [0.1, 0.15) is 22.3 Å². The molecule has 1 fully saturated rings. The number of benzene rings is 1. The molecule has 94 valence electrons. The zero-order valence-corrected chi connectivity index (χ0v) is 9.77. The highest BCUT2D eigenvalue weighted by Crippen LogP contribution is 2.23. The first-order chi connectivity index (χ1) is 8.49. The quantitative estimate of drug-likeness (QED) is 0.821. The van der Waals surface area contributed by atoms with Crippen molar-refractivity contribution < 1.29 is 19.5 Å². The molecule has 0 unspecified atom stereocenters. The second-order valence-corrected chi connectivity index (χ2v) is 4.06. The Kier molecular flexibility index (Phi) is 3.01. The standard InChI is InChI=1S/C12H12N2O4/c1-7-6-8(11(16)17)2-3-9(7)14-5-4-10(15)13-12(14)18/h2-3,6H,4-5H2,1H3,(H,16,17)(H,13,15,18). The summed E-state index contributed by atoms with van der Waals surface area (Å²) < 4.78 is 0. The molecule has 6 heteroatoms. The smallest absolute Gasteiger partial charge is 0.335 e. The van der Waals surface area contributed by atoms with Crippen molar-refractivity contribution in [3.8, 4) is 0 Å². The molecule has 1 aliphatic heterocycles. The van der Waals surface area contributed by atoms with Gasteiger partial charge >= 0.3 is 12.0 Å². The van der Waals surface area contributed by atoms with E-state index in [4.69, 9.17) is 5.11 Å². The van der Waals surface area contributed by atoms with Gasteiger partial charge in [-0.05, 0) is 30.7 Å². The van der Waals surface area contributed by atoms with E-state index in [2.05, 4.69) is 5.32 Å². The third kappa shape index (κ3) is 2.17. The molecule has 0 spiro atoms. The summed E-state index contributed by atoms with van der Waals surface area (Å²) in [6.07, 6.45) is 0.242. The summed E-state index contributed by atoms with van der Waals surface area (Å²) >= 11 is 0. The number of rotatable bonds is 2. The second kappa shape index (κ2) is 4.48. The van der Waals surface area contributed by atoms with Gasteiger partial charge in [-0.3, -0.25) is 15.0 Å². The summed E-state index contributed by atoms with van der Waals surface area (Å²) in [6, 6.07) is 4.04. The van der Waals surface area contributed by atoms with E-state index < -0.39 is 12.0 Å². The summed E-state index contributed by atoms with van der Waals surface area (Å²) in [5.41, 5.74) is 1.47. The van der Waals surface area contributed by atoms with Crippen molar-refractivity contribution in [2.75, 3.05) is 11.4 Å². The van der Waals surface area contributed by atoms with Crippen LogP contribution >= 0.6 is 0 Å². The zero-order chi connectivity index (χ0) is 13.3. The highest BCUT2D eigenvalue weighted by Gasteiger charge is 2.25. The molecule has 2 N–H and O–H groups in total. The molecule has 1 saturated heterocycles. The topological polar surface area (TPSA) is 86.7 Å². The Morgan fingerprint density at radius 1 is 1.39 bits per heavy atom. The van der Waals surface area contributed by atoms with Crippen molar-refractivity contribution in [1.82, 2.24) is 5.32 Å². The first-order valence-electron chi connectivity index (χ1n) is 5.44. The number of carbonyl (C=O) groups is 3. The SMILES string of the molecule is Cc1cc(C(=O)O)ccc1N1CCC(=O)NC1=O. The number of nitrogens with zero attached hydrogens (tertiary/aromatic N) is 1. The summed E-state index contributed by atoms with van der Waals surface area (Å²) in [5.74, 6) is -1.31. The van der Waals surface area contributed by atoms with Gasteiger partial charge in [0.15, 0.2) is 0 Å². The number of carboxylic acid groups (broad SMARTS) is 1. The Balaban J connectivity index is 2.31. The number of amides is 3. The molecular formula is C12H12N2O4. The minimum Gasteiger partial charge on any atom is -0.478 e. The van der Waals surface area contributed by atoms with Crippen LogP contribution in [0.25, 0.3) is 0 Å². The average molecular weight is 248 g/mol. The first-order valence-corrected chi connectivity index (χ1v) is 5.44. The lowest BCUT2D eigenvalue weighted by molar-refractivity contribution is -0.120. The van der Waals surface area contributed by atoms with Crippen molar-refractivity contribution >= 4 is 23.6 Å². The van der Waals surface area contributed by atoms with Crippen LogP contribution < -0.4 is 10.2 Å². The predicted molar refractivity (Wildman–Crippen MR) is 63.6 cm³/mol. The van der Waals surface area contributed by atoms with Crippen molar-refractivity contribution in [2.24, 2.45) is 0 Å². The lowest BCUT2D eigenvalue weighted by atomic mass is 10.1. The molecule has 0 radical (unpaired) electrons. The summed E-state index contributed by atoms with van der Waals surface area (Å²) in [6.45, 7) is 2.03. The molecule has 0 aliphatic carbocycles. The highest BCUT2D eigenvalue weighted by atomic mass is 16.4. The predicted octanol–water partition coefficient (Wildman–Crippen LogP) is 1.14. The fraction of sp³-hybridized carbons (Fsp3) is 0.250. The number of aryl methyl sites for hydroxylation is 1. The number of anilines is 1. The van der Waals surface area contributed by atoms with E-state index in [-0.39, 0.29) is 17.9 Å². The molecule has 18 heavy (non-hydrogen) atoms. The number of imide groups is 1. The van der Waals surface area contributed by atoms with Gasteiger partial charge in [0.2, 0.25) is 5.91 Å². The molecule has 0 saturated carbocycles. The van der Waals surface area contributed by atoms with Crippen molar-refractivity contribution in [1.29, 1.82) is 0 Å².